The molecule has 0 fully saturated rings. The molecule has 0 radical (unpaired) electrons. The van der Waals surface area contributed by atoms with Crippen LogP contribution in [0.4, 0.5) is 17.6 Å². The highest BCUT2D eigenvalue weighted by Gasteiger charge is 2.36. The first kappa shape index (κ1) is 36.9. The van der Waals surface area contributed by atoms with Gasteiger partial charge < -0.3 is 9.47 Å². The van der Waals surface area contributed by atoms with Crippen molar-refractivity contribution in [3.8, 4) is 0 Å². The van der Waals surface area contributed by atoms with Crippen LogP contribution in [0.15, 0.2) is 91.4 Å². The third-order valence-electron chi connectivity index (χ3n) is 9.54. The summed E-state index contributed by atoms with van der Waals surface area (Å²) >= 11 is 0. The summed E-state index contributed by atoms with van der Waals surface area (Å²) in [4.78, 5) is 20.4. The maximum atomic E-state index is 15.8. The number of hydrogen-bond donors (Lipinski definition) is 2. The molecule has 8 rings (SSSR count). The van der Waals surface area contributed by atoms with Gasteiger partial charge in [0.15, 0.2) is 6.17 Å². The van der Waals surface area contributed by atoms with Gasteiger partial charge in [-0.3, -0.25) is 19.7 Å². The average Bonchev–Trinajstić information content (AvgIpc) is 3.79. The van der Waals surface area contributed by atoms with E-state index in [0.717, 1.165) is 0 Å². The van der Waals surface area contributed by atoms with Gasteiger partial charge in [-0.1, -0.05) is 0 Å². The van der Waals surface area contributed by atoms with E-state index in [1.165, 1.54) is 51.0 Å². The Morgan fingerprint density at radius 3 is 1.80 bits per heavy atom. The number of methoxy groups -OCH3 is 2. The summed E-state index contributed by atoms with van der Waals surface area (Å²) in [6.45, 7) is 0. The summed E-state index contributed by atoms with van der Waals surface area (Å²) in [7, 11) is -6.27. The van der Waals surface area contributed by atoms with Crippen molar-refractivity contribution in [2.75, 3.05) is 14.2 Å². The van der Waals surface area contributed by atoms with Crippen LogP contribution in [-0.2, 0) is 42.4 Å². The van der Waals surface area contributed by atoms with Crippen LogP contribution < -0.4 is 9.86 Å². The van der Waals surface area contributed by atoms with E-state index in [1.54, 1.807) is 12.1 Å². The lowest BCUT2D eigenvalue weighted by Crippen LogP contribution is -2.31. The molecule has 4 aliphatic rings. The molecular weight excluding hydrogens is 779 g/mol. The Morgan fingerprint density at radius 1 is 0.714 bits per heavy atom. The number of rotatable bonds is 8. The third kappa shape index (κ3) is 6.46. The predicted molar refractivity (Wildman–Crippen MR) is 196 cm³/mol. The van der Waals surface area contributed by atoms with Crippen LogP contribution in [-0.4, -0.2) is 71.2 Å². The Labute approximate surface area is 316 Å². The van der Waals surface area contributed by atoms with E-state index in [1.807, 2.05) is 0 Å². The molecule has 4 aromatic rings. The number of nitrogens with one attached hydrogen (secondary N) is 1. The first-order chi connectivity index (χ1) is 26.6. The summed E-state index contributed by atoms with van der Waals surface area (Å²) in [6.07, 6.45) is 7.64. The zero-order valence-electron chi connectivity index (χ0n) is 29.1. The highest BCUT2D eigenvalue weighted by molar-refractivity contribution is 7.89. The number of benzene rings is 2. The van der Waals surface area contributed by atoms with Crippen LogP contribution in [0.1, 0.15) is 44.8 Å². The minimum atomic E-state index is -4.67. The monoisotopic (exact) mass is 805 g/mol. The number of primary sulfonamides is 1. The molecule has 5 heterocycles. The van der Waals surface area contributed by atoms with Gasteiger partial charge in [-0.2, -0.15) is 0 Å². The quantitative estimate of drug-likeness (QED) is 0.248. The van der Waals surface area contributed by atoms with Gasteiger partial charge in [0.05, 0.1) is 47.3 Å². The highest BCUT2D eigenvalue weighted by atomic mass is 32.2. The summed E-state index contributed by atoms with van der Waals surface area (Å²) in [5.41, 5.74) is 2.56. The second-order valence-electron chi connectivity index (χ2n) is 12.9. The summed E-state index contributed by atoms with van der Waals surface area (Å²) in [5.74, 6) is -4.11. The number of nitrogens with zero attached hydrogens (tertiary/aromatic N) is 5. The van der Waals surface area contributed by atoms with Crippen molar-refractivity contribution in [2.45, 2.75) is 34.8 Å². The van der Waals surface area contributed by atoms with E-state index in [-0.39, 0.29) is 35.7 Å². The van der Waals surface area contributed by atoms with Crippen molar-refractivity contribution < 1.29 is 43.9 Å². The first-order valence-corrected chi connectivity index (χ1v) is 19.6. The number of pyridine rings is 2. The zero-order chi connectivity index (χ0) is 39.7. The third-order valence-corrected chi connectivity index (χ3v) is 11.8. The van der Waals surface area contributed by atoms with E-state index in [2.05, 4.69) is 29.7 Å². The number of sulfonamides is 2. The predicted octanol–water partition coefficient (Wildman–Crippen LogP) is 4.21. The van der Waals surface area contributed by atoms with Gasteiger partial charge in [0, 0.05) is 65.2 Å². The van der Waals surface area contributed by atoms with E-state index in [0.29, 0.717) is 69.3 Å². The van der Waals surface area contributed by atoms with Crippen LogP contribution in [0.5, 0.6) is 0 Å². The number of fused-ring (bicyclic) bond motifs is 6. The van der Waals surface area contributed by atoms with Gasteiger partial charge in [-0.05, 0) is 59.2 Å². The smallest absolute Gasteiger partial charge is 0.261 e. The van der Waals surface area contributed by atoms with Crippen molar-refractivity contribution in [1.29, 1.82) is 0 Å². The summed E-state index contributed by atoms with van der Waals surface area (Å²) in [5, 5.41) is 5.05. The molecule has 1 aliphatic carbocycles. The second-order valence-corrected chi connectivity index (χ2v) is 16.1. The Bertz CT molecular complexity index is 2770. The van der Waals surface area contributed by atoms with Crippen molar-refractivity contribution in [1.82, 2.24) is 14.7 Å². The number of ether oxygens (including phenoxy) is 2. The molecule has 0 saturated heterocycles. The van der Waals surface area contributed by atoms with E-state index >= 15 is 17.6 Å². The van der Waals surface area contributed by atoms with E-state index in [9.17, 15) is 16.8 Å². The van der Waals surface area contributed by atoms with Gasteiger partial charge >= 0.3 is 0 Å². The standard InChI is InChI=1S/C37H27F4N7O6S2/c1-53-32-13-23-34-17(7-21-25(38)9-19(10-26(21)39)55(42,49)50)3-5-43-29(34)15-30(36(23)46-32)48-56(51,52)20-11-27(40)22(28(41)12-20)8-18-4-6-44-31-16-45-37-24(35(18)31)14-33(47-37)54-2/h3-6,9-16,36-37,48H,7-8H2,1-2H3,(H2,42,49,50). The molecule has 2 aromatic carbocycles. The molecule has 0 saturated carbocycles. The SMILES string of the molecule is COC1=NC2N=Cc3nccc(Cc4c(F)cc(S(=O)(=O)NC5=Cc6nccc(Cc7c(F)cc(S(N)(=O)=O)cc7F)c6C6=CC(OC)=NC56)cc4F)c3C2=C1. The molecule has 2 aromatic heterocycles. The van der Waals surface area contributed by atoms with Crippen molar-refractivity contribution >= 4 is 55.3 Å². The van der Waals surface area contributed by atoms with Gasteiger partial charge in [0.25, 0.3) is 10.0 Å². The average molecular weight is 806 g/mol. The van der Waals surface area contributed by atoms with Gasteiger partial charge in [-0.15, -0.1) is 0 Å². The van der Waals surface area contributed by atoms with E-state index in [4.69, 9.17) is 14.6 Å². The molecule has 0 bridgehead atoms. The molecule has 56 heavy (non-hydrogen) atoms. The molecule has 0 spiro atoms. The Hall–Kier alpha value is -6.05. The lowest BCUT2D eigenvalue weighted by molar-refractivity contribution is 0.405. The summed E-state index contributed by atoms with van der Waals surface area (Å²) < 4.78 is 126. The Morgan fingerprint density at radius 2 is 1.23 bits per heavy atom. The lowest BCUT2D eigenvalue weighted by Gasteiger charge is -2.26. The van der Waals surface area contributed by atoms with Gasteiger partial charge in [-0.25, -0.2) is 49.5 Å². The fraction of sp³-hybridized carbons (Fsp3) is 0.162. The number of nitrogens with two attached hydrogens (primary N) is 1. The molecule has 3 N–H and O–H groups in total. The molecule has 0 amide bonds. The largest absolute Gasteiger partial charge is 0.481 e. The second kappa shape index (κ2) is 13.6. The number of aromatic nitrogens is 2. The maximum Gasteiger partial charge on any atom is 0.261 e. The first-order valence-electron chi connectivity index (χ1n) is 16.5. The van der Waals surface area contributed by atoms with Gasteiger partial charge in [0.2, 0.25) is 21.8 Å². The minimum Gasteiger partial charge on any atom is -0.481 e. The fourth-order valence-electron chi connectivity index (χ4n) is 6.94. The lowest BCUT2D eigenvalue weighted by atomic mass is 9.86. The van der Waals surface area contributed by atoms with Crippen LogP contribution in [0.25, 0.3) is 17.2 Å². The van der Waals surface area contributed by atoms with Crippen LogP contribution in [0.2, 0.25) is 0 Å². The van der Waals surface area contributed by atoms with Crippen LogP contribution >= 0.6 is 0 Å². The van der Waals surface area contributed by atoms with Crippen LogP contribution in [0.3, 0.4) is 0 Å². The number of halogens is 4. The Balaban J connectivity index is 1.11. The fourth-order valence-corrected chi connectivity index (χ4v) is 8.59. The number of hydrogen-bond acceptors (Lipinski definition) is 11. The normalized spacial score (nSPS) is 18.1. The number of aliphatic imine (C=N–C) groups is 3. The van der Waals surface area contributed by atoms with Crippen molar-refractivity contribution in [3.05, 3.63) is 135 Å². The molecule has 3 aliphatic heterocycles. The molecule has 2 unspecified atom stereocenters. The Kier molecular flexibility index (Phi) is 8.97. The zero-order valence-corrected chi connectivity index (χ0v) is 30.7. The van der Waals surface area contributed by atoms with Gasteiger partial charge in [0.1, 0.15) is 29.3 Å². The minimum absolute atomic E-state index is 0.0534. The summed E-state index contributed by atoms with van der Waals surface area (Å²) in [6, 6.07) is 4.70. The van der Waals surface area contributed by atoms with Crippen molar-refractivity contribution in [3.63, 3.8) is 0 Å². The molecular formula is C37H27F4N7O6S2. The van der Waals surface area contributed by atoms with Crippen LogP contribution in [0, 0.1) is 23.3 Å². The molecule has 13 nitrogen and oxygen atoms in total. The van der Waals surface area contributed by atoms with E-state index < -0.39 is 70.9 Å². The molecule has 19 heteroatoms. The molecule has 2 atom stereocenters. The maximum absolute atomic E-state index is 15.8. The topological polar surface area (TPSA) is 188 Å². The van der Waals surface area contributed by atoms with Crippen molar-refractivity contribution in [2.24, 2.45) is 20.1 Å². The molecule has 286 valence electrons. The highest BCUT2D eigenvalue weighted by Crippen LogP contribution is 2.40.